The minimum atomic E-state index is 0.252. The number of halogens is 2. The highest BCUT2D eigenvalue weighted by molar-refractivity contribution is 9.11. The topological polar surface area (TPSA) is 12.0 Å². The van der Waals surface area contributed by atoms with Crippen LogP contribution >= 0.6 is 43.2 Å². The number of hydrogen-bond donors (Lipinski definition) is 1. The molecule has 0 aliphatic carbocycles. The maximum Gasteiger partial charge on any atom is 0.0702 e. The lowest BCUT2D eigenvalue weighted by atomic mass is 10.0. The molecule has 0 saturated carbocycles. The summed E-state index contributed by atoms with van der Waals surface area (Å²) in [6, 6.07) is 11.0. The molecule has 17 heavy (non-hydrogen) atoms. The van der Waals surface area contributed by atoms with Gasteiger partial charge in [-0.2, -0.15) is 0 Å². The van der Waals surface area contributed by atoms with Gasteiger partial charge in [-0.15, -0.1) is 11.3 Å². The standard InChI is InChI=1S/C13H13Br2NS/c1-8-5-9(7-10(14)6-8)13(16-2)11-3-4-12(15)17-11/h3-7,13,16H,1-2H3. The van der Waals surface area contributed by atoms with Crippen molar-refractivity contribution in [3.63, 3.8) is 0 Å². The maximum atomic E-state index is 3.55. The molecule has 1 heterocycles. The van der Waals surface area contributed by atoms with Crippen molar-refractivity contribution < 1.29 is 0 Å². The van der Waals surface area contributed by atoms with Gasteiger partial charge in [0.1, 0.15) is 0 Å². The van der Waals surface area contributed by atoms with E-state index in [1.165, 1.54) is 19.8 Å². The molecule has 4 heteroatoms. The van der Waals surface area contributed by atoms with E-state index in [0.717, 1.165) is 4.47 Å². The summed E-state index contributed by atoms with van der Waals surface area (Å²) < 4.78 is 2.29. The van der Waals surface area contributed by atoms with Gasteiger partial charge in [0.15, 0.2) is 0 Å². The monoisotopic (exact) mass is 373 g/mol. The van der Waals surface area contributed by atoms with Crippen molar-refractivity contribution in [2.75, 3.05) is 7.05 Å². The summed E-state index contributed by atoms with van der Waals surface area (Å²) in [6.45, 7) is 2.12. The summed E-state index contributed by atoms with van der Waals surface area (Å²) in [6.07, 6.45) is 0. The Morgan fingerprint density at radius 3 is 2.47 bits per heavy atom. The third-order valence-electron chi connectivity index (χ3n) is 2.56. The number of thiophene rings is 1. The number of hydrogen-bond acceptors (Lipinski definition) is 2. The van der Waals surface area contributed by atoms with Crippen LogP contribution in [0.2, 0.25) is 0 Å². The Bertz CT molecular complexity index is 502. The molecule has 2 aromatic rings. The predicted octanol–water partition coefficient (Wildman–Crippen LogP) is 4.89. The van der Waals surface area contributed by atoms with Crippen molar-refractivity contribution in [1.29, 1.82) is 0 Å². The minimum Gasteiger partial charge on any atom is -0.309 e. The average Bonchev–Trinajstić information content (AvgIpc) is 2.64. The molecule has 0 aliphatic rings. The van der Waals surface area contributed by atoms with Crippen LogP contribution in [0.5, 0.6) is 0 Å². The zero-order valence-electron chi connectivity index (χ0n) is 9.63. The molecule has 0 amide bonds. The first-order chi connectivity index (χ1) is 8.10. The Labute approximate surface area is 123 Å². The van der Waals surface area contributed by atoms with Gasteiger partial charge in [0.2, 0.25) is 0 Å². The van der Waals surface area contributed by atoms with Crippen molar-refractivity contribution in [2.24, 2.45) is 0 Å². The summed E-state index contributed by atoms with van der Waals surface area (Å²) in [5.41, 5.74) is 2.55. The lowest BCUT2D eigenvalue weighted by Crippen LogP contribution is -2.16. The third kappa shape index (κ3) is 3.19. The lowest BCUT2D eigenvalue weighted by molar-refractivity contribution is 0.703. The molecule has 0 spiro atoms. The van der Waals surface area contributed by atoms with Crippen LogP contribution in [0.1, 0.15) is 22.0 Å². The molecule has 0 aliphatic heterocycles. The Balaban J connectivity index is 2.41. The zero-order valence-corrected chi connectivity index (χ0v) is 13.6. The van der Waals surface area contributed by atoms with Crippen LogP contribution in [0.25, 0.3) is 0 Å². The molecule has 1 nitrogen and oxygen atoms in total. The zero-order chi connectivity index (χ0) is 12.4. The quantitative estimate of drug-likeness (QED) is 0.806. The van der Waals surface area contributed by atoms with E-state index >= 15 is 0 Å². The first kappa shape index (κ1) is 13.3. The van der Waals surface area contributed by atoms with E-state index in [4.69, 9.17) is 0 Å². The molecule has 0 saturated heterocycles. The second-order valence-corrected chi connectivity index (χ2v) is 7.34. The van der Waals surface area contributed by atoms with E-state index < -0.39 is 0 Å². The van der Waals surface area contributed by atoms with Crippen molar-refractivity contribution in [2.45, 2.75) is 13.0 Å². The summed E-state index contributed by atoms with van der Waals surface area (Å²) in [7, 11) is 1.99. The highest BCUT2D eigenvalue weighted by atomic mass is 79.9. The van der Waals surface area contributed by atoms with Gasteiger partial charge >= 0.3 is 0 Å². The van der Waals surface area contributed by atoms with Crippen molar-refractivity contribution in [3.8, 4) is 0 Å². The minimum absolute atomic E-state index is 0.252. The largest absolute Gasteiger partial charge is 0.309 e. The fourth-order valence-electron chi connectivity index (χ4n) is 1.89. The van der Waals surface area contributed by atoms with E-state index in [1.54, 1.807) is 11.3 Å². The van der Waals surface area contributed by atoms with Crippen LogP contribution in [-0.2, 0) is 0 Å². The summed E-state index contributed by atoms with van der Waals surface area (Å²) >= 11 is 8.83. The second-order valence-electron chi connectivity index (χ2n) is 3.93. The predicted molar refractivity (Wildman–Crippen MR) is 81.8 cm³/mol. The van der Waals surface area contributed by atoms with Crippen molar-refractivity contribution in [1.82, 2.24) is 5.32 Å². The van der Waals surface area contributed by atoms with Gasteiger partial charge in [0.05, 0.1) is 9.83 Å². The Hall–Kier alpha value is -0.160. The number of nitrogens with one attached hydrogen (secondary N) is 1. The van der Waals surface area contributed by atoms with Crippen LogP contribution in [0.3, 0.4) is 0 Å². The van der Waals surface area contributed by atoms with E-state index in [0.29, 0.717) is 0 Å². The Morgan fingerprint density at radius 1 is 1.18 bits per heavy atom. The molecule has 1 aromatic carbocycles. The van der Waals surface area contributed by atoms with Gasteiger partial charge in [-0.25, -0.2) is 0 Å². The second kappa shape index (κ2) is 5.65. The van der Waals surface area contributed by atoms with Gasteiger partial charge in [0, 0.05) is 9.35 Å². The van der Waals surface area contributed by atoms with Gasteiger partial charge in [-0.3, -0.25) is 0 Å². The first-order valence-electron chi connectivity index (χ1n) is 5.29. The van der Waals surface area contributed by atoms with Gasteiger partial charge in [-0.1, -0.05) is 22.0 Å². The van der Waals surface area contributed by atoms with E-state index in [-0.39, 0.29) is 6.04 Å². The molecule has 90 valence electrons. The van der Waals surface area contributed by atoms with Crippen molar-refractivity contribution >= 4 is 43.2 Å². The average molecular weight is 375 g/mol. The fraction of sp³-hybridized carbons (Fsp3) is 0.231. The van der Waals surface area contributed by atoms with Crippen molar-refractivity contribution in [3.05, 3.63) is 54.6 Å². The normalized spacial score (nSPS) is 12.7. The van der Waals surface area contributed by atoms with Gasteiger partial charge in [0.25, 0.3) is 0 Å². The SMILES string of the molecule is CNC(c1cc(C)cc(Br)c1)c1ccc(Br)s1. The van der Waals surface area contributed by atoms with Crippen LogP contribution in [0.15, 0.2) is 38.6 Å². The van der Waals surface area contributed by atoms with Crippen LogP contribution in [-0.4, -0.2) is 7.05 Å². The number of benzene rings is 1. The fourth-order valence-corrected chi connectivity index (χ4v) is 4.08. The van der Waals surface area contributed by atoms with Crippen LogP contribution < -0.4 is 5.32 Å². The molecule has 1 aromatic heterocycles. The summed E-state index contributed by atoms with van der Waals surface area (Å²) in [5.74, 6) is 0. The lowest BCUT2D eigenvalue weighted by Gasteiger charge is -2.16. The number of aryl methyl sites for hydroxylation is 1. The Kier molecular flexibility index (Phi) is 4.42. The van der Waals surface area contributed by atoms with Crippen LogP contribution in [0.4, 0.5) is 0 Å². The van der Waals surface area contributed by atoms with E-state index in [2.05, 4.69) is 74.4 Å². The molecule has 1 N–H and O–H groups in total. The summed E-state index contributed by atoms with van der Waals surface area (Å²) in [4.78, 5) is 1.32. The molecule has 0 radical (unpaired) electrons. The maximum absolute atomic E-state index is 3.55. The Morgan fingerprint density at radius 2 is 1.94 bits per heavy atom. The molecule has 1 unspecified atom stereocenters. The molecular weight excluding hydrogens is 362 g/mol. The molecule has 2 rings (SSSR count). The van der Waals surface area contributed by atoms with Crippen LogP contribution in [0, 0.1) is 6.92 Å². The number of rotatable bonds is 3. The molecule has 1 atom stereocenters. The first-order valence-corrected chi connectivity index (χ1v) is 7.70. The molecular formula is C13H13Br2NS. The van der Waals surface area contributed by atoms with E-state index in [1.807, 2.05) is 7.05 Å². The smallest absolute Gasteiger partial charge is 0.0702 e. The third-order valence-corrected chi connectivity index (χ3v) is 4.71. The summed E-state index contributed by atoms with van der Waals surface area (Å²) in [5, 5.41) is 3.37. The highest BCUT2D eigenvalue weighted by Gasteiger charge is 2.14. The molecule has 0 fully saturated rings. The van der Waals surface area contributed by atoms with Gasteiger partial charge in [-0.05, 0) is 65.3 Å². The van der Waals surface area contributed by atoms with E-state index in [9.17, 15) is 0 Å². The highest BCUT2D eigenvalue weighted by Crippen LogP contribution is 2.32. The molecule has 0 bridgehead atoms. The van der Waals surface area contributed by atoms with Gasteiger partial charge < -0.3 is 5.32 Å².